The molecule has 4 rings (SSSR count). The first-order valence-corrected chi connectivity index (χ1v) is 12.0. The Hall–Kier alpha value is -2.27. The van der Waals surface area contributed by atoms with Crippen LogP contribution in [0.2, 0.25) is 0 Å². The van der Waals surface area contributed by atoms with Gasteiger partial charge in [0.1, 0.15) is 18.2 Å². The summed E-state index contributed by atoms with van der Waals surface area (Å²) in [4.78, 5) is 26.1. The fourth-order valence-corrected chi connectivity index (χ4v) is 4.73. The van der Waals surface area contributed by atoms with E-state index in [4.69, 9.17) is 14.5 Å². The molecule has 2 aliphatic rings. The van der Waals surface area contributed by atoms with Crippen LogP contribution in [0.25, 0.3) is 0 Å². The highest BCUT2D eigenvalue weighted by Gasteiger charge is 2.26. The second kappa shape index (κ2) is 11.0. The van der Waals surface area contributed by atoms with Crippen LogP contribution in [-0.2, 0) is 16.1 Å². The molecule has 2 aliphatic heterocycles. The molecule has 2 N–H and O–H groups in total. The van der Waals surface area contributed by atoms with Gasteiger partial charge in [-0.25, -0.2) is 9.97 Å². The minimum atomic E-state index is -0.390. The van der Waals surface area contributed by atoms with E-state index in [9.17, 15) is 9.90 Å². The summed E-state index contributed by atoms with van der Waals surface area (Å²) in [5.41, 5.74) is 0.761. The molecule has 0 radical (unpaired) electrons. The number of carbonyl (C=O) groups excluding carboxylic acids is 1. The molecule has 0 saturated carbocycles. The van der Waals surface area contributed by atoms with E-state index in [1.165, 1.54) is 0 Å². The number of nitrogens with zero attached hydrogens (tertiary/aromatic N) is 4. The van der Waals surface area contributed by atoms with Gasteiger partial charge in [0.25, 0.3) is 5.91 Å². The Balaban J connectivity index is 1.40. The number of hydrogen-bond acceptors (Lipinski definition) is 9. The minimum absolute atomic E-state index is 0.0938. The lowest BCUT2D eigenvalue weighted by Gasteiger charge is -2.23. The van der Waals surface area contributed by atoms with E-state index in [1.54, 1.807) is 18.4 Å². The van der Waals surface area contributed by atoms with Crippen molar-refractivity contribution in [2.75, 3.05) is 63.3 Å². The predicted octanol–water partition coefficient (Wildman–Crippen LogP) is 1.85. The predicted molar refractivity (Wildman–Crippen MR) is 123 cm³/mol. The van der Waals surface area contributed by atoms with Crippen LogP contribution in [0.4, 0.5) is 11.6 Å². The molecule has 2 saturated heterocycles. The van der Waals surface area contributed by atoms with Crippen LogP contribution in [0.3, 0.4) is 0 Å². The first-order chi connectivity index (χ1) is 15.6. The van der Waals surface area contributed by atoms with Gasteiger partial charge < -0.3 is 29.7 Å². The molecule has 0 bridgehead atoms. The van der Waals surface area contributed by atoms with Crippen molar-refractivity contribution in [3.05, 3.63) is 34.3 Å². The third-order valence-electron chi connectivity index (χ3n) is 5.89. The summed E-state index contributed by atoms with van der Waals surface area (Å²) in [6, 6.07) is 3.84. The molecular formula is C22H31N5O4S. The highest BCUT2D eigenvalue weighted by Crippen LogP contribution is 2.21. The largest absolute Gasteiger partial charge is 0.390 e. The number of aliphatic hydroxyl groups excluding tert-OH is 1. The number of anilines is 2. The number of methoxy groups -OCH3 is 1. The zero-order valence-electron chi connectivity index (χ0n) is 18.4. The summed E-state index contributed by atoms with van der Waals surface area (Å²) in [6.45, 7) is 4.96. The van der Waals surface area contributed by atoms with Gasteiger partial charge in [-0.05, 0) is 24.3 Å². The average molecular weight is 462 g/mol. The zero-order valence-corrected chi connectivity index (χ0v) is 19.2. The second-order valence-electron chi connectivity index (χ2n) is 8.19. The lowest BCUT2D eigenvalue weighted by atomic mass is 10.0. The molecule has 0 spiro atoms. The molecular weight excluding hydrogens is 430 g/mol. The Morgan fingerprint density at radius 2 is 2.22 bits per heavy atom. The summed E-state index contributed by atoms with van der Waals surface area (Å²) in [5.74, 6) is 2.44. The quantitative estimate of drug-likeness (QED) is 0.614. The van der Waals surface area contributed by atoms with Crippen LogP contribution in [0.1, 0.15) is 29.0 Å². The third kappa shape index (κ3) is 5.74. The van der Waals surface area contributed by atoms with E-state index in [2.05, 4.69) is 15.2 Å². The number of nitrogens with one attached hydrogen (secondary N) is 1. The Morgan fingerprint density at radius 3 is 2.97 bits per heavy atom. The molecule has 2 aromatic heterocycles. The number of ether oxygens (including phenoxy) is 2. The van der Waals surface area contributed by atoms with Crippen molar-refractivity contribution in [2.45, 2.75) is 25.6 Å². The second-order valence-corrected chi connectivity index (χ2v) is 8.97. The SMILES string of the molecule is COCc1nc(NCC[C@@H]2COC[C@H]2O)cc(N2CCCN(C(=O)c3ccsc3)CC2)n1. The van der Waals surface area contributed by atoms with E-state index in [1.807, 2.05) is 27.8 Å². The monoisotopic (exact) mass is 461 g/mol. The Labute approximate surface area is 192 Å². The Kier molecular flexibility index (Phi) is 7.90. The molecule has 0 unspecified atom stereocenters. The molecule has 2 fully saturated rings. The maximum Gasteiger partial charge on any atom is 0.254 e. The van der Waals surface area contributed by atoms with Gasteiger partial charge >= 0.3 is 0 Å². The molecule has 2 aromatic rings. The molecule has 4 heterocycles. The first-order valence-electron chi connectivity index (χ1n) is 11.1. The smallest absolute Gasteiger partial charge is 0.254 e. The van der Waals surface area contributed by atoms with Crippen molar-refractivity contribution in [3.63, 3.8) is 0 Å². The summed E-state index contributed by atoms with van der Waals surface area (Å²) < 4.78 is 10.6. The molecule has 32 heavy (non-hydrogen) atoms. The highest BCUT2D eigenvalue weighted by molar-refractivity contribution is 7.08. The molecule has 10 heteroatoms. The van der Waals surface area contributed by atoms with Crippen molar-refractivity contribution in [1.82, 2.24) is 14.9 Å². The van der Waals surface area contributed by atoms with Gasteiger partial charge in [0.05, 0.1) is 24.9 Å². The van der Waals surface area contributed by atoms with Crippen molar-refractivity contribution in [3.8, 4) is 0 Å². The van der Waals surface area contributed by atoms with Gasteiger partial charge in [-0.1, -0.05) is 0 Å². The van der Waals surface area contributed by atoms with E-state index >= 15 is 0 Å². The third-order valence-corrected chi connectivity index (χ3v) is 6.58. The topological polar surface area (TPSA) is 100 Å². The molecule has 0 aromatic carbocycles. The molecule has 0 aliphatic carbocycles. The van der Waals surface area contributed by atoms with Crippen LogP contribution in [0.5, 0.6) is 0 Å². The fraction of sp³-hybridized carbons (Fsp3) is 0.591. The minimum Gasteiger partial charge on any atom is -0.390 e. The lowest BCUT2D eigenvalue weighted by Crippen LogP contribution is -2.35. The van der Waals surface area contributed by atoms with Crippen molar-refractivity contribution in [1.29, 1.82) is 0 Å². The van der Waals surface area contributed by atoms with Crippen LogP contribution in [0.15, 0.2) is 22.9 Å². The van der Waals surface area contributed by atoms with Crippen molar-refractivity contribution >= 4 is 28.9 Å². The van der Waals surface area contributed by atoms with Gasteiger partial charge in [-0.3, -0.25) is 4.79 Å². The van der Waals surface area contributed by atoms with E-state index in [-0.39, 0.29) is 11.8 Å². The number of rotatable bonds is 8. The molecule has 1 amide bonds. The van der Waals surface area contributed by atoms with Crippen molar-refractivity contribution < 1.29 is 19.4 Å². The van der Waals surface area contributed by atoms with Crippen LogP contribution in [0, 0.1) is 5.92 Å². The maximum atomic E-state index is 12.7. The number of aliphatic hydroxyl groups is 1. The van der Waals surface area contributed by atoms with E-state index < -0.39 is 6.10 Å². The number of hydrogen-bond donors (Lipinski definition) is 2. The van der Waals surface area contributed by atoms with Crippen LogP contribution in [-0.4, -0.2) is 85.0 Å². The number of aromatic nitrogens is 2. The Morgan fingerprint density at radius 1 is 1.31 bits per heavy atom. The summed E-state index contributed by atoms with van der Waals surface area (Å²) >= 11 is 1.54. The van der Waals surface area contributed by atoms with Crippen LogP contribution >= 0.6 is 11.3 Å². The summed E-state index contributed by atoms with van der Waals surface area (Å²) in [7, 11) is 1.63. The number of thiophene rings is 1. The van der Waals surface area contributed by atoms with Gasteiger partial charge in [-0.15, -0.1) is 0 Å². The van der Waals surface area contributed by atoms with Gasteiger partial charge in [-0.2, -0.15) is 11.3 Å². The average Bonchev–Trinajstić information content (AvgIpc) is 3.40. The Bertz CT molecular complexity index is 881. The number of carbonyl (C=O) groups is 1. The zero-order chi connectivity index (χ0) is 22.3. The molecule has 174 valence electrons. The summed E-state index contributed by atoms with van der Waals surface area (Å²) in [5, 5.41) is 17.1. The van der Waals surface area contributed by atoms with Gasteiger partial charge in [0.2, 0.25) is 0 Å². The summed E-state index contributed by atoms with van der Waals surface area (Å²) in [6.07, 6.45) is 1.30. The van der Waals surface area contributed by atoms with E-state index in [0.29, 0.717) is 45.3 Å². The fourth-order valence-electron chi connectivity index (χ4n) is 4.10. The standard InChI is InChI=1S/C22H31N5O4S/c1-30-14-20-24-19(23-5-3-16-12-31-13-18(16)28)11-21(25-20)26-6-2-7-27(9-8-26)22(29)17-4-10-32-15-17/h4,10-11,15-16,18,28H,2-3,5-9,12-14H2,1H3,(H,23,24,25)/t16-,18-/m1/s1. The first kappa shape index (κ1) is 22.9. The molecule has 2 atom stereocenters. The molecule has 9 nitrogen and oxygen atoms in total. The van der Waals surface area contributed by atoms with Gasteiger partial charge in [0, 0.05) is 57.2 Å². The van der Waals surface area contributed by atoms with Crippen molar-refractivity contribution in [2.24, 2.45) is 5.92 Å². The normalized spacial score (nSPS) is 21.6. The maximum absolute atomic E-state index is 12.7. The van der Waals surface area contributed by atoms with E-state index in [0.717, 1.165) is 43.1 Å². The lowest BCUT2D eigenvalue weighted by molar-refractivity contribution is 0.0767. The van der Waals surface area contributed by atoms with Gasteiger partial charge in [0.15, 0.2) is 5.82 Å². The number of amides is 1. The van der Waals surface area contributed by atoms with Crippen LogP contribution < -0.4 is 10.2 Å². The highest BCUT2D eigenvalue weighted by atomic mass is 32.1.